The Morgan fingerprint density at radius 1 is 0.929 bits per heavy atom. The van der Waals surface area contributed by atoms with Gasteiger partial charge < -0.3 is 16.0 Å². The van der Waals surface area contributed by atoms with Gasteiger partial charge in [-0.2, -0.15) is 0 Å². The largest absolute Gasteiger partial charge is 0.340 e. The third-order valence-electron chi connectivity index (χ3n) is 4.02. The minimum Gasteiger partial charge on any atom is -0.340 e. The van der Waals surface area contributed by atoms with E-state index in [0.29, 0.717) is 11.5 Å². The molecule has 0 saturated carbocycles. The number of para-hydroxylation sites is 1. The monoisotopic (exact) mass is 375 g/mol. The topological polar surface area (TPSA) is 96.0 Å². The first kappa shape index (κ1) is 19.0. The van der Waals surface area contributed by atoms with Crippen molar-refractivity contribution in [1.82, 2.24) is 9.97 Å². The van der Waals surface area contributed by atoms with E-state index in [-0.39, 0.29) is 17.5 Å². The second-order valence-electron chi connectivity index (χ2n) is 6.14. The van der Waals surface area contributed by atoms with E-state index >= 15 is 0 Å². The molecular formula is C21H21N5O2. The quantitative estimate of drug-likeness (QED) is 0.605. The minimum absolute atomic E-state index is 0.128. The molecule has 142 valence electrons. The molecule has 0 unspecified atom stereocenters. The molecule has 0 saturated heterocycles. The van der Waals surface area contributed by atoms with Crippen LogP contribution in [-0.2, 0) is 11.2 Å². The van der Waals surface area contributed by atoms with Crippen LogP contribution in [0.1, 0.15) is 29.9 Å². The second kappa shape index (κ2) is 8.77. The first-order chi connectivity index (χ1) is 13.5. The molecule has 3 aromatic rings. The van der Waals surface area contributed by atoms with Crippen LogP contribution in [0.5, 0.6) is 0 Å². The number of aromatic nitrogens is 2. The van der Waals surface area contributed by atoms with Gasteiger partial charge in [-0.3, -0.25) is 9.59 Å². The maximum Gasteiger partial charge on any atom is 0.274 e. The number of hydrogen-bond donors (Lipinski definition) is 3. The SMILES string of the molecule is CCc1ccccc1NC(=O)c1cc(Nc2ccc(NC(C)=O)cc2)ncn1. The molecule has 28 heavy (non-hydrogen) atoms. The zero-order chi connectivity index (χ0) is 19.9. The molecule has 2 aromatic carbocycles. The van der Waals surface area contributed by atoms with Gasteiger partial charge >= 0.3 is 0 Å². The maximum atomic E-state index is 12.6. The van der Waals surface area contributed by atoms with Crippen LogP contribution in [-0.4, -0.2) is 21.8 Å². The molecule has 7 heteroatoms. The predicted octanol–water partition coefficient (Wildman–Crippen LogP) is 3.99. The first-order valence-electron chi connectivity index (χ1n) is 8.91. The molecule has 0 aliphatic carbocycles. The number of rotatable bonds is 6. The number of carbonyl (C=O) groups is 2. The Hall–Kier alpha value is -3.74. The van der Waals surface area contributed by atoms with Crippen LogP contribution in [0.3, 0.4) is 0 Å². The van der Waals surface area contributed by atoms with Gasteiger partial charge in [-0.1, -0.05) is 25.1 Å². The van der Waals surface area contributed by atoms with Crippen molar-refractivity contribution in [2.75, 3.05) is 16.0 Å². The van der Waals surface area contributed by atoms with Crippen LogP contribution >= 0.6 is 0 Å². The molecule has 2 amide bonds. The van der Waals surface area contributed by atoms with Gasteiger partial charge in [0, 0.05) is 30.1 Å². The highest BCUT2D eigenvalue weighted by atomic mass is 16.2. The lowest BCUT2D eigenvalue weighted by atomic mass is 10.1. The van der Waals surface area contributed by atoms with Gasteiger partial charge in [-0.15, -0.1) is 0 Å². The van der Waals surface area contributed by atoms with E-state index in [1.54, 1.807) is 18.2 Å². The van der Waals surface area contributed by atoms with Crippen LogP contribution < -0.4 is 16.0 Å². The summed E-state index contributed by atoms with van der Waals surface area (Å²) in [5, 5.41) is 8.73. The molecule has 0 aliphatic heterocycles. The van der Waals surface area contributed by atoms with E-state index < -0.39 is 0 Å². The van der Waals surface area contributed by atoms with Crippen molar-refractivity contribution >= 4 is 34.7 Å². The van der Waals surface area contributed by atoms with Gasteiger partial charge in [0.25, 0.3) is 5.91 Å². The van der Waals surface area contributed by atoms with Crippen LogP contribution in [0.2, 0.25) is 0 Å². The molecule has 1 heterocycles. The Morgan fingerprint density at radius 3 is 2.36 bits per heavy atom. The van der Waals surface area contributed by atoms with Crippen molar-refractivity contribution in [3.63, 3.8) is 0 Å². The Labute approximate surface area is 163 Å². The summed E-state index contributed by atoms with van der Waals surface area (Å²) in [6.07, 6.45) is 2.16. The molecule has 0 atom stereocenters. The van der Waals surface area contributed by atoms with Crippen molar-refractivity contribution in [3.05, 3.63) is 72.2 Å². The molecule has 3 N–H and O–H groups in total. The van der Waals surface area contributed by atoms with Gasteiger partial charge in [-0.25, -0.2) is 9.97 Å². The van der Waals surface area contributed by atoms with Crippen LogP contribution in [0.4, 0.5) is 22.9 Å². The molecule has 1 aromatic heterocycles. The number of carbonyl (C=O) groups excluding carboxylic acids is 2. The molecule has 0 bridgehead atoms. The summed E-state index contributed by atoms with van der Waals surface area (Å²) in [7, 11) is 0. The molecule has 0 fully saturated rings. The predicted molar refractivity (Wildman–Crippen MR) is 110 cm³/mol. The Morgan fingerprint density at radius 2 is 1.64 bits per heavy atom. The van der Waals surface area contributed by atoms with Gasteiger partial charge in [0.15, 0.2) is 0 Å². The average molecular weight is 375 g/mol. The summed E-state index contributed by atoms with van der Waals surface area (Å²) >= 11 is 0. The van der Waals surface area contributed by atoms with E-state index in [9.17, 15) is 9.59 Å². The number of hydrogen-bond acceptors (Lipinski definition) is 5. The molecule has 0 aliphatic rings. The zero-order valence-corrected chi connectivity index (χ0v) is 15.7. The lowest BCUT2D eigenvalue weighted by Crippen LogP contribution is -2.15. The summed E-state index contributed by atoms with van der Waals surface area (Å²) < 4.78 is 0. The summed E-state index contributed by atoms with van der Waals surface area (Å²) in [6.45, 7) is 3.49. The molecule has 3 rings (SSSR count). The van der Waals surface area contributed by atoms with Crippen LogP contribution in [0.25, 0.3) is 0 Å². The van der Waals surface area contributed by atoms with Gasteiger partial charge in [-0.05, 0) is 42.3 Å². The van der Waals surface area contributed by atoms with Gasteiger partial charge in [0.1, 0.15) is 17.8 Å². The van der Waals surface area contributed by atoms with Crippen molar-refractivity contribution in [2.24, 2.45) is 0 Å². The molecule has 0 spiro atoms. The smallest absolute Gasteiger partial charge is 0.274 e. The average Bonchev–Trinajstić information content (AvgIpc) is 2.70. The molecule has 7 nitrogen and oxygen atoms in total. The fraction of sp³-hybridized carbons (Fsp3) is 0.143. The Kier molecular flexibility index (Phi) is 5.96. The van der Waals surface area contributed by atoms with Crippen molar-refractivity contribution in [1.29, 1.82) is 0 Å². The number of nitrogens with zero attached hydrogens (tertiary/aromatic N) is 2. The number of nitrogens with one attached hydrogen (secondary N) is 3. The normalized spacial score (nSPS) is 10.2. The summed E-state index contributed by atoms with van der Waals surface area (Å²) in [5.74, 6) is 0.0698. The maximum absolute atomic E-state index is 12.6. The molecule has 0 radical (unpaired) electrons. The number of benzene rings is 2. The van der Waals surface area contributed by atoms with Crippen LogP contribution in [0.15, 0.2) is 60.9 Å². The van der Waals surface area contributed by atoms with E-state index in [2.05, 4.69) is 25.9 Å². The second-order valence-corrected chi connectivity index (χ2v) is 6.14. The Bertz CT molecular complexity index is 986. The summed E-state index contributed by atoms with van der Waals surface area (Å²) in [5.41, 5.74) is 3.57. The third kappa shape index (κ3) is 4.91. The Balaban J connectivity index is 1.71. The van der Waals surface area contributed by atoms with E-state index in [0.717, 1.165) is 23.4 Å². The number of aryl methyl sites for hydroxylation is 1. The third-order valence-corrected chi connectivity index (χ3v) is 4.02. The van der Waals surface area contributed by atoms with Crippen molar-refractivity contribution in [2.45, 2.75) is 20.3 Å². The first-order valence-corrected chi connectivity index (χ1v) is 8.91. The summed E-state index contributed by atoms with van der Waals surface area (Å²) in [6, 6.07) is 16.4. The zero-order valence-electron chi connectivity index (χ0n) is 15.7. The van der Waals surface area contributed by atoms with Crippen molar-refractivity contribution in [3.8, 4) is 0 Å². The highest BCUT2D eigenvalue weighted by Crippen LogP contribution is 2.19. The lowest BCUT2D eigenvalue weighted by Gasteiger charge is -2.10. The van der Waals surface area contributed by atoms with Gasteiger partial charge in [0.05, 0.1) is 0 Å². The minimum atomic E-state index is -0.299. The van der Waals surface area contributed by atoms with Crippen molar-refractivity contribution < 1.29 is 9.59 Å². The molecular weight excluding hydrogens is 354 g/mol. The highest BCUT2D eigenvalue weighted by molar-refractivity contribution is 6.03. The number of amides is 2. The standard InChI is InChI=1S/C21H21N5O2/c1-3-15-6-4-5-7-18(15)26-21(28)19-12-20(23-13-22-19)25-17-10-8-16(9-11-17)24-14(2)27/h4-13H,3H2,1-2H3,(H,24,27)(H,26,28)(H,22,23,25). The van der Waals surface area contributed by atoms with E-state index in [1.807, 2.05) is 43.3 Å². The van der Waals surface area contributed by atoms with Gasteiger partial charge in [0.2, 0.25) is 5.91 Å². The van der Waals surface area contributed by atoms with E-state index in [4.69, 9.17) is 0 Å². The number of anilines is 4. The van der Waals surface area contributed by atoms with Crippen LogP contribution in [0, 0.1) is 0 Å². The summed E-state index contributed by atoms with van der Waals surface area (Å²) in [4.78, 5) is 31.9. The van der Waals surface area contributed by atoms with E-state index in [1.165, 1.54) is 13.3 Å². The fourth-order valence-electron chi connectivity index (χ4n) is 2.67. The fourth-order valence-corrected chi connectivity index (χ4v) is 2.67. The highest BCUT2D eigenvalue weighted by Gasteiger charge is 2.11. The lowest BCUT2D eigenvalue weighted by molar-refractivity contribution is -0.114.